The Morgan fingerprint density at radius 1 is 1.44 bits per heavy atom. The second-order valence-corrected chi connectivity index (χ2v) is 4.24. The standard InChI is InChI=1S/C5H12O3S/c1-8-4-3-5-9(2,6)7/h3-5H2,1-2H3. The Hall–Kier alpha value is -0.0900. The molecular formula is C5H12O3S. The van der Waals surface area contributed by atoms with Gasteiger partial charge in [0.15, 0.2) is 0 Å². The molecular weight excluding hydrogens is 140 g/mol. The first kappa shape index (κ1) is 8.91. The molecule has 0 bridgehead atoms. The number of hydrogen-bond acceptors (Lipinski definition) is 3. The van der Waals surface area contributed by atoms with E-state index in [2.05, 4.69) is 4.74 Å². The van der Waals surface area contributed by atoms with Gasteiger partial charge in [-0.05, 0) is 6.42 Å². The Morgan fingerprint density at radius 3 is 2.33 bits per heavy atom. The summed E-state index contributed by atoms with van der Waals surface area (Å²) in [5, 5.41) is 0. The van der Waals surface area contributed by atoms with Gasteiger partial charge in [-0.2, -0.15) is 0 Å². The minimum atomic E-state index is -2.78. The predicted octanol–water partition coefficient (Wildman–Crippen LogP) is 0.0675. The van der Waals surface area contributed by atoms with Gasteiger partial charge in [-0.25, -0.2) is 8.42 Å². The molecule has 0 radical (unpaired) electrons. The molecule has 0 N–H and O–H groups in total. The smallest absolute Gasteiger partial charge is 0.147 e. The highest BCUT2D eigenvalue weighted by Gasteiger charge is 1.99. The van der Waals surface area contributed by atoms with Crippen LogP contribution in [0.1, 0.15) is 6.42 Å². The summed E-state index contributed by atoms with van der Waals surface area (Å²) in [6, 6.07) is 0. The van der Waals surface area contributed by atoms with Crippen LogP contribution in [0.5, 0.6) is 0 Å². The first-order valence-corrected chi connectivity index (χ1v) is 4.79. The molecule has 0 aliphatic rings. The minimum Gasteiger partial charge on any atom is -0.385 e. The lowest BCUT2D eigenvalue weighted by molar-refractivity contribution is 0.199. The third-order valence-electron chi connectivity index (χ3n) is 0.864. The molecule has 0 saturated carbocycles. The second kappa shape index (κ2) is 3.85. The van der Waals surface area contributed by atoms with E-state index in [9.17, 15) is 8.42 Å². The number of rotatable bonds is 4. The van der Waals surface area contributed by atoms with Crippen LogP contribution in [0.15, 0.2) is 0 Å². The van der Waals surface area contributed by atoms with Gasteiger partial charge in [0.25, 0.3) is 0 Å². The summed E-state index contributed by atoms with van der Waals surface area (Å²) in [4.78, 5) is 0. The van der Waals surface area contributed by atoms with Crippen molar-refractivity contribution in [1.82, 2.24) is 0 Å². The number of sulfone groups is 1. The number of hydrogen-bond donors (Lipinski definition) is 0. The van der Waals surface area contributed by atoms with Crippen LogP contribution in [-0.2, 0) is 14.6 Å². The molecule has 0 atom stereocenters. The van der Waals surface area contributed by atoms with Crippen molar-refractivity contribution >= 4 is 9.84 Å². The van der Waals surface area contributed by atoms with Crippen molar-refractivity contribution in [3.8, 4) is 0 Å². The Morgan fingerprint density at radius 2 is 2.00 bits per heavy atom. The molecule has 0 heterocycles. The summed E-state index contributed by atoms with van der Waals surface area (Å²) in [5.41, 5.74) is 0. The summed E-state index contributed by atoms with van der Waals surface area (Å²) in [6.07, 6.45) is 1.82. The van der Waals surface area contributed by atoms with Crippen LogP contribution in [0.4, 0.5) is 0 Å². The topological polar surface area (TPSA) is 43.4 Å². The fourth-order valence-electron chi connectivity index (χ4n) is 0.465. The molecule has 0 amide bonds. The lowest BCUT2D eigenvalue weighted by Crippen LogP contribution is -2.05. The van der Waals surface area contributed by atoms with Crippen molar-refractivity contribution < 1.29 is 13.2 Å². The van der Waals surface area contributed by atoms with E-state index in [0.717, 1.165) is 0 Å². The summed E-state index contributed by atoms with van der Waals surface area (Å²) in [6.45, 7) is 0.521. The van der Waals surface area contributed by atoms with Gasteiger partial charge in [0, 0.05) is 20.0 Å². The molecule has 0 spiro atoms. The van der Waals surface area contributed by atoms with Crippen molar-refractivity contribution in [3.05, 3.63) is 0 Å². The number of methoxy groups -OCH3 is 1. The number of ether oxygens (including phenoxy) is 1. The van der Waals surface area contributed by atoms with E-state index < -0.39 is 9.84 Å². The maximum Gasteiger partial charge on any atom is 0.147 e. The third-order valence-corrected chi connectivity index (χ3v) is 1.89. The first-order chi connectivity index (χ1) is 4.06. The van der Waals surface area contributed by atoms with Gasteiger partial charge < -0.3 is 4.74 Å². The zero-order valence-corrected chi connectivity index (χ0v) is 6.57. The quantitative estimate of drug-likeness (QED) is 0.535. The lowest BCUT2D eigenvalue weighted by atomic mass is 10.5. The third kappa shape index (κ3) is 7.91. The summed E-state index contributed by atoms with van der Waals surface area (Å²) >= 11 is 0. The Kier molecular flexibility index (Phi) is 3.81. The summed E-state index contributed by atoms with van der Waals surface area (Å²) in [7, 11) is -1.22. The highest BCUT2D eigenvalue weighted by Crippen LogP contribution is 1.87. The minimum absolute atomic E-state index is 0.223. The highest BCUT2D eigenvalue weighted by atomic mass is 32.2. The summed E-state index contributed by atoms with van der Waals surface area (Å²) < 4.78 is 25.6. The molecule has 0 rings (SSSR count). The zero-order valence-electron chi connectivity index (χ0n) is 5.75. The van der Waals surface area contributed by atoms with Gasteiger partial charge in [-0.1, -0.05) is 0 Å². The molecule has 0 unspecified atom stereocenters. The van der Waals surface area contributed by atoms with Crippen molar-refractivity contribution in [3.63, 3.8) is 0 Å². The predicted molar refractivity (Wildman–Crippen MR) is 36.2 cm³/mol. The van der Waals surface area contributed by atoms with Crippen molar-refractivity contribution in [1.29, 1.82) is 0 Å². The van der Waals surface area contributed by atoms with Crippen LogP contribution in [0.3, 0.4) is 0 Å². The average Bonchev–Trinajstić information content (AvgIpc) is 1.63. The largest absolute Gasteiger partial charge is 0.385 e. The normalized spacial score (nSPS) is 11.8. The van der Waals surface area contributed by atoms with Gasteiger partial charge >= 0.3 is 0 Å². The van der Waals surface area contributed by atoms with Gasteiger partial charge in [0.1, 0.15) is 9.84 Å². The van der Waals surface area contributed by atoms with Gasteiger partial charge in [-0.15, -0.1) is 0 Å². The Balaban J connectivity index is 3.30. The maximum absolute atomic E-state index is 10.5. The molecule has 0 aromatic carbocycles. The Labute approximate surface area is 55.9 Å². The van der Waals surface area contributed by atoms with E-state index in [1.807, 2.05) is 0 Å². The second-order valence-electron chi connectivity index (χ2n) is 1.98. The highest BCUT2D eigenvalue weighted by molar-refractivity contribution is 7.90. The molecule has 56 valence electrons. The average molecular weight is 152 g/mol. The Bertz CT molecular complexity index is 148. The van der Waals surface area contributed by atoms with Gasteiger partial charge in [0.2, 0.25) is 0 Å². The molecule has 4 heteroatoms. The van der Waals surface area contributed by atoms with E-state index in [1.165, 1.54) is 6.26 Å². The first-order valence-electron chi connectivity index (χ1n) is 2.73. The van der Waals surface area contributed by atoms with Crippen molar-refractivity contribution in [2.75, 3.05) is 25.7 Å². The summed E-state index contributed by atoms with van der Waals surface area (Å²) in [5.74, 6) is 0.223. The molecule has 0 saturated heterocycles. The van der Waals surface area contributed by atoms with Crippen LogP contribution in [0.2, 0.25) is 0 Å². The van der Waals surface area contributed by atoms with E-state index in [-0.39, 0.29) is 5.75 Å². The van der Waals surface area contributed by atoms with Crippen molar-refractivity contribution in [2.45, 2.75) is 6.42 Å². The lowest BCUT2D eigenvalue weighted by Gasteiger charge is -1.95. The van der Waals surface area contributed by atoms with Gasteiger partial charge in [-0.3, -0.25) is 0 Å². The van der Waals surface area contributed by atoms with E-state index in [1.54, 1.807) is 7.11 Å². The van der Waals surface area contributed by atoms with Crippen LogP contribution in [0.25, 0.3) is 0 Å². The van der Waals surface area contributed by atoms with Crippen LogP contribution in [0, 0.1) is 0 Å². The molecule has 0 aliphatic heterocycles. The molecule has 9 heavy (non-hydrogen) atoms. The van der Waals surface area contributed by atoms with E-state index >= 15 is 0 Å². The fourth-order valence-corrected chi connectivity index (χ4v) is 1.11. The monoisotopic (exact) mass is 152 g/mol. The van der Waals surface area contributed by atoms with Crippen LogP contribution >= 0.6 is 0 Å². The molecule has 0 aliphatic carbocycles. The molecule has 0 aromatic rings. The van der Waals surface area contributed by atoms with Crippen LogP contribution in [-0.4, -0.2) is 34.1 Å². The molecule has 0 aromatic heterocycles. The molecule has 3 nitrogen and oxygen atoms in total. The molecule has 0 fully saturated rings. The zero-order chi connectivity index (χ0) is 7.33. The van der Waals surface area contributed by atoms with E-state index in [0.29, 0.717) is 13.0 Å². The van der Waals surface area contributed by atoms with Gasteiger partial charge in [0.05, 0.1) is 5.75 Å². The van der Waals surface area contributed by atoms with Crippen molar-refractivity contribution in [2.24, 2.45) is 0 Å². The fraction of sp³-hybridized carbons (Fsp3) is 1.00. The van der Waals surface area contributed by atoms with Crippen LogP contribution < -0.4 is 0 Å². The van der Waals surface area contributed by atoms with E-state index in [4.69, 9.17) is 0 Å². The SMILES string of the molecule is COCCCS(C)(=O)=O. The maximum atomic E-state index is 10.5.